The van der Waals surface area contributed by atoms with Gasteiger partial charge in [0.2, 0.25) is 5.91 Å². The Morgan fingerprint density at radius 2 is 2.05 bits per heavy atom. The first kappa shape index (κ1) is 15.5. The summed E-state index contributed by atoms with van der Waals surface area (Å²) >= 11 is 0. The van der Waals surface area contributed by atoms with E-state index in [-0.39, 0.29) is 11.9 Å². The monoisotopic (exact) mass is 302 g/mol. The summed E-state index contributed by atoms with van der Waals surface area (Å²) in [5, 5.41) is 6.23. The number of benzene rings is 1. The number of carbonyl (C=O) groups is 1. The molecule has 1 saturated heterocycles. The van der Waals surface area contributed by atoms with Gasteiger partial charge in [0.05, 0.1) is 18.8 Å². The van der Waals surface area contributed by atoms with Crippen molar-refractivity contribution >= 4 is 11.6 Å². The molecule has 0 spiro atoms. The summed E-state index contributed by atoms with van der Waals surface area (Å²) in [5.74, 6) is 0.0721. The fourth-order valence-electron chi connectivity index (χ4n) is 3.32. The third-order valence-electron chi connectivity index (χ3n) is 4.61. The van der Waals surface area contributed by atoms with E-state index >= 15 is 0 Å². The van der Waals surface area contributed by atoms with Crippen molar-refractivity contribution in [3.05, 3.63) is 29.8 Å². The molecule has 1 atom stereocenters. The second-order valence-electron chi connectivity index (χ2n) is 6.41. The molecule has 2 fully saturated rings. The van der Waals surface area contributed by atoms with Crippen LogP contribution in [-0.4, -0.2) is 24.6 Å². The average molecular weight is 302 g/mol. The molecule has 22 heavy (non-hydrogen) atoms. The number of ether oxygens (including phenoxy) is 1. The lowest BCUT2D eigenvalue weighted by Crippen LogP contribution is -2.35. The molecule has 0 radical (unpaired) electrons. The normalized spacial score (nSPS) is 22.6. The second-order valence-corrected chi connectivity index (χ2v) is 6.41. The van der Waals surface area contributed by atoms with E-state index in [1.807, 2.05) is 18.2 Å². The van der Waals surface area contributed by atoms with Crippen molar-refractivity contribution < 1.29 is 9.53 Å². The highest BCUT2D eigenvalue weighted by molar-refractivity contribution is 5.95. The highest BCUT2D eigenvalue weighted by atomic mass is 16.5. The molecule has 1 aromatic rings. The summed E-state index contributed by atoms with van der Waals surface area (Å²) in [6.07, 6.45) is 8.70. The summed E-state index contributed by atoms with van der Waals surface area (Å²) in [5.41, 5.74) is 1.99. The van der Waals surface area contributed by atoms with Gasteiger partial charge in [-0.3, -0.25) is 4.79 Å². The fourth-order valence-corrected chi connectivity index (χ4v) is 3.32. The lowest BCUT2D eigenvalue weighted by molar-refractivity contribution is -0.117. The molecule has 0 aromatic heterocycles. The molecule has 3 rings (SSSR count). The second kappa shape index (κ2) is 7.75. The van der Waals surface area contributed by atoms with E-state index in [0.29, 0.717) is 12.7 Å². The predicted molar refractivity (Wildman–Crippen MR) is 87.8 cm³/mol. The van der Waals surface area contributed by atoms with Gasteiger partial charge in [0, 0.05) is 5.69 Å². The number of anilines is 1. The van der Waals surface area contributed by atoms with Crippen molar-refractivity contribution in [2.75, 3.05) is 11.9 Å². The lowest BCUT2D eigenvalue weighted by atomic mass is 9.98. The molecule has 2 N–H and O–H groups in total. The van der Waals surface area contributed by atoms with Crippen molar-refractivity contribution in [3.63, 3.8) is 0 Å². The molecule has 0 bridgehead atoms. The van der Waals surface area contributed by atoms with Crippen molar-refractivity contribution in [2.24, 2.45) is 0 Å². The maximum atomic E-state index is 12.1. The van der Waals surface area contributed by atoms with Crippen LogP contribution in [0, 0.1) is 0 Å². The molecular formula is C18H26N2O2. The first-order valence-electron chi connectivity index (χ1n) is 8.56. The number of rotatable bonds is 5. The van der Waals surface area contributed by atoms with Crippen LogP contribution in [0.1, 0.15) is 50.5 Å². The van der Waals surface area contributed by atoms with E-state index < -0.39 is 0 Å². The SMILES string of the molecule is O=C(Nc1cccc(COC2CCCCC2)c1)C1CCCN1. The molecule has 1 aliphatic carbocycles. The van der Waals surface area contributed by atoms with E-state index in [2.05, 4.69) is 16.7 Å². The molecule has 4 nitrogen and oxygen atoms in total. The van der Waals surface area contributed by atoms with Crippen LogP contribution in [0.4, 0.5) is 5.69 Å². The number of nitrogens with one attached hydrogen (secondary N) is 2. The van der Waals surface area contributed by atoms with Crippen LogP contribution in [0.25, 0.3) is 0 Å². The van der Waals surface area contributed by atoms with E-state index in [4.69, 9.17) is 4.74 Å². The smallest absolute Gasteiger partial charge is 0.241 e. The van der Waals surface area contributed by atoms with Gasteiger partial charge in [0.25, 0.3) is 0 Å². The molecule has 1 amide bonds. The van der Waals surface area contributed by atoms with Crippen molar-refractivity contribution in [1.29, 1.82) is 0 Å². The number of hydrogen-bond acceptors (Lipinski definition) is 3. The zero-order valence-corrected chi connectivity index (χ0v) is 13.1. The minimum Gasteiger partial charge on any atom is -0.374 e. The molecule has 1 saturated carbocycles. The Bertz CT molecular complexity index is 492. The Balaban J connectivity index is 1.51. The molecule has 1 aromatic carbocycles. The summed E-state index contributed by atoms with van der Waals surface area (Å²) in [4.78, 5) is 12.1. The zero-order valence-electron chi connectivity index (χ0n) is 13.1. The van der Waals surface area contributed by atoms with Gasteiger partial charge in [0.15, 0.2) is 0 Å². The Morgan fingerprint density at radius 3 is 2.82 bits per heavy atom. The minimum atomic E-state index is -0.0397. The van der Waals surface area contributed by atoms with Crippen LogP contribution in [0.3, 0.4) is 0 Å². The van der Waals surface area contributed by atoms with Crippen LogP contribution >= 0.6 is 0 Å². The summed E-state index contributed by atoms with van der Waals surface area (Å²) in [7, 11) is 0. The van der Waals surface area contributed by atoms with Gasteiger partial charge in [-0.1, -0.05) is 31.4 Å². The van der Waals surface area contributed by atoms with Crippen molar-refractivity contribution in [3.8, 4) is 0 Å². The van der Waals surface area contributed by atoms with Crippen LogP contribution in [0.2, 0.25) is 0 Å². The standard InChI is InChI=1S/C18H26N2O2/c21-18(17-10-5-11-19-17)20-15-7-4-6-14(12-15)13-22-16-8-2-1-3-9-16/h4,6-7,12,16-17,19H,1-3,5,8-11,13H2,(H,20,21). The van der Waals surface area contributed by atoms with Gasteiger partial charge in [0.1, 0.15) is 0 Å². The molecule has 4 heteroatoms. The maximum Gasteiger partial charge on any atom is 0.241 e. The highest BCUT2D eigenvalue weighted by Gasteiger charge is 2.21. The molecule has 1 aliphatic heterocycles. The lowest BCUT2D eigenvalue weighted by Gasteiger charge is -2.22. The first-order valence-corrected chi connectivity index (χ1v) is 8.56. The van der Waals surface area contributed by atoms with E-state index in [9.17, 15) is 4.79 Å². The van der Waals surface area contributed by atoms with Gasteiger partial charge in [-0.15, -0.1) is 0 Å². The molecule has 1 unspecified atom stereocenters. The molecule has 120 valence electrons. The third-order valence-corrected chi connectivity index (χ3v) is 4.61. The molecular weight excluding hydrogens is 276 g/mol. The van der Waals surface area contributed by atoms with E-state index in [1.165, 1.54) is 32.1 Å². The predicted octanol–water partition coefficient (Wildman–Crippen LogP) is 3.23. The maximum absolute atomic E-state index is 12.1. The van der Waals surface area contributed by atoms with Crippen LogP contribution < -0.4 is 10.6 Å². The highest BCUT2D eigenvalue weighted by Crippen LogP contribution is 2.22. The topological polar surface area (TPSA) is 50.4 Å². The number of amides is 1. The number of carbonyl (C=O) groups excluding carboxylic acids is 1. The van der Waals surface area contributed by atoms with Gasteiger partial charge in [-0.05, 0) is 49.9 Å². The fraction of sp³-hybridized carbons (Fsp3) is 0.611. The van der Waals surface area contributed by atoms with Gasteiger partial charge in [-0.25, -0.2) is 0 Å². The zero-order chi connectivity index (χ0) is 15.2. The van der Waals surface area contributed by atoms with E-state index in [0.717, 1.165) is 30.6 Å². The van der Waals surface area contributed by atoms with E-state index in [1.54, 1.807) is 0 Å². The Kier molecular flexibility index (Phi) is 5.46. The summed E-state index contributed by atoms with van der Waals surface area (Å²) in [6.45, 7) is 1.57. The first-order chi connectivity index (χ1) is 10.8. The summed E-state index contributed by atoms with van der Waals surface area (Å²) in [6, 6.07) is 7.97. The van der Waals surface area contributed by atoms with Gasteiger partial charge in [-0.2, -0.15) is 0 Å². The van der Waals surface area contributed by atoms with Crippen LogP contribution in [0.15, 0.2) is 24.3 Å². The summed E-state index contributed by atoms with van der Waals surface area (Å²) < 4.78 is 6.00. The minimum absolute atomic E-state index is 0.0397. The van der Waals surface area contributed by atoms with Gasteiger partial charge < -0.3 is 15.4 Å². The Morgan fingerprint density at radius 1 is 1.18 bits per heavy atom. The van der Waals surface area contributed by atoms with Crippen LogP contribution in [0.5, 0.6) is 0 Å². The van der Waals surface area contributed by atoms with Gasteiger partial charge >= 0.3 is 0 Å². The van der Waals surface area contributed by atoms with Crippen molar-refractivity contribution in [2.45, 2.75) is 63.7 Å². The average Bonchev–Trinajstić information content (AvgIpc) is 3.09. The number of hydrogen-bond donors (Lipinski definition) is 2. The molecule has 1 heterocycles. The van der Waals surface area contributed by atoms with Crippen LogP contribution in [-0.2, 0) is 16.1 Å². The third kappa shape index (κ3) is 4.31. The Labute approximate surface area is 132 Å². The largest absolute Gasteiger partial charge is 0.374 e. The Hall–Kier alpha value is -1.39. The quantitative estimate of drug-likeness (QED) is 0.878. The molecule has 2 aliphatic rings. The van der Waals surface area contributed by atoms with Crippen molar-refractivity contribution in [1.82, 2.24) is 5.32 Å².